The van der Waals surface area contributed by atoms with Crippen LogP contribution in [-0.2, 0) is 24.1 Å². The van der Waals surface area contributed by atoms with Crippen LogP contribution < -0.4 is 4.74 Å². The van der Waals surface area contributed by atoms with Gasteiger partial charge in [-0.05, 0) is 86.8 Å². The Morgan fingerprint density at radius 1 is 1.12 bits per heavy atom. The molecular formula is C24H30O2. The summed E-state index contributed by atoms with van der Waals surface area (Å²) in [6.07, 6.45) is 5.61. The van der Waals surface area contributed by atoms with Gasteiger partial charge in [0.05, 0.1) is 5.41 Å². The summed E-state index contributed by atoms with van der Waals surface area (Å²) in [6.45, 7) is 7.89. The number of hydrogen-bond acceptors (Lipinski definition) is 2. The van der Waals surface area contributed by atoms with E-state index in [0.717, 1.165) is 25.7 Å². The number of esters is 1. The number of benzene rings is 2. The van der Waals surface area contributed by atoms with Crippen molar-refractivity contribution in [1.29, 1.82) is 0 Å². The first-order valence-corrected chi connectivity index (χ1v) is 9.80. The second-order valence-corrected chi connectivity index (χ2v) is 8.46. The van der Waals surface area contributed by atoms with Gasteiger partial charge in [0.1, 0.15) is 5.75 Å². The summed E-state index contributed by atoms with van der Waals surface area (Å²) in [4.78, 5) is 12.1. The Hall–Kier alpha value is -2.09. The molecule has 26 heavy (non-hydrogen) atoms. The highest BCUT2D eigenvalue weighted by atomic mass is 16.5. The Bertz CT molecular complexity index is 783. The molecule has 2 heteroatoms. The molecule has 0 aromatic heterocycles. The molecule has 2 aromatic carbocycles. The van der Waals surface area contributed by atoms with Gasteiger partial charge < -0.3 is 4.74 Å². The molecule has 138 valence electrons. The second kappa shape index (κ2) is 7.65. The summed E-state index contributed by atoms with van der Waals surface area (Å²) in [7, 11) is 0. The topological polar surface area (TPSA) is 26.3 Å². The lowest BCUT2D eigenvalue weighted by Crippen LogP contribution is -2.25. The van der Waals surface area contributed by atoms with Gasteiger partial charge >= 0.3 is 5.97 Å². The molecule has 0 N–H and O–H groups in total. The number of ether oxygens (including phenoxy) is 1. The third-order valence-electron chi connectivity index (χ3n) is 5.24. The zero-order chi connectivity index (χ0) is 18.7. The molecule has 2 aromatic rings. The minimum absolute atomic E-state index is 0.181. The molecule has 3 rings (SSSR count). The number of hydrogen-bond donors (Lipinski definition) is 0. The average molecular weight is 351 g/mol. The maximum absolute atomic E-state index is 12.1. The lowest BCUT2D eigenvalue weighted by Gasteiger charge is -2.27. The summed E-state index contributed by atoms with van der Waals surface area (Å²) in [5.41, 5.74) is 5.25. The van der Waals surface area contributed by atoms with Gasteiger partial charge in [0.25, 0.3) is 0 Å². The van der Waals surface area contributed by atoms with E-state index in [9.17, 15) is 4.79 Å². The second-order valence-electron chi connectivity index (χ2n) is 8.46. The molecule has 1 atom stereocenters. The number of carbonyl (C=O) groups excluding carboxylic acids is 1. The lowest BCUT2D eigenvalue weighted by atomic mass is 9.78. The van der Waals surface area contributed by atoms with Gasteiger partial charge in [-0.2, -0.15) is 0 Å². The van der Waals surface area contributed by atoms with E-state index in [1.807, 2.05) is 26.8 Å². The van der Waals surface area contributed by atoms with E-state index < -0.39 is 5.41 Å². The van der Waals surface area contributed by atoms with Crippen molar-refractivity contribution < 1.29 is 9.53 Å². The standard InChI is InChI=1S/C24H30O2/c1-5-8-17-9-6-7-10-22(17)20-12-11-19-16-21(14-13-18(19)15-20)26-23(25)24(2,3)4/h6-7,9-10,13-14,16,20H,5,8,11-12,15H2,1-4H3/t20-/m0/s1. The van der Waals surface area contributed by atoms with Gasteiger partial charge in [-0.3, -0.25) is 4.79 Å². The van der Waals surface area contributed by atoms with Crippen LogP contribution in [0.25, 0.3) is 0 Å². The van der Waals surface area contributed by atoms with Gasteiger partial charge in [0.15, 0.2) is 0 Å². The molecule has 1 aliphatic rings. The van der Waals surface area contributed by atoms with Gasteiger partial charge in [-0.15, -0.1) is 0 Å². The normalized spacial score (nSPS) is 16.8. The zero-order valence-electron chi connectivity index (χ0n) is 16.5. The third-order valence-corrected chi connectivity index (χ3v) is 5.24. The van der Waals surface area contributed by atoms with Crippen LogP contribution in [0.4, 0.5) is 0 Å². The fourth-order valence-corrected chi connectivity index (χ4v) is 3.75. The van der Waals surface area contributed by atoms with Crippen molar-refractivity contribution in [3.8, 4) is 5.75 Å². The lowest BCUT2D eigenvalue weighted by molar-refractivity contribution is -0.143. The predicted molar refractivity (Wildman–Crippen MR) is 107 cm³/mol. The molecule has 0 aliphatic heterocycles. The Balaban J connectivity index is 1.77. The summed E-state index contributed by atoms with van der Waals surface area (Å²) >= 11 is 0. The number of rotatable bonds is 4. The number of aryl methyl sites for hydroxylation is 2. The Kier molecular flexibility index (Phi) is 5.50. The third kappa shape index (κ3) is 4.17. The predicted octanol–water partition coefficient (Wildman–Crippen LogP) is 5.86. The minimum atomic E-state index is -0.482. The van der Waals surface area contributed by atoms with E-state index in [2.05, 4.69) is 43.3 Å². The van der Waals surface area contributed by atoms with Gasteiger partial charge in [-0.1, -0.05) is 43.7 Å². The van der Waals surface area contributed by atoms with E-state index in [0.29, 0.717) is 11.7 Å². The molecule has 0 bridgehead atoms. The summed E-state index contributed by atoms with van der Waals surface area (Å²) < 4.78 is 5.57. The van der Waals surface area contributed by atoms with Crippen molar-refractivity contribution in [3.63, 3.8) is 0 Å². The molecule has 0 amide bonds. The molecule has 0 spiro atoms. The molecule has 0 saturated heterocycles. The van der Waals surface area contributed by atoms with Gasteiger partial charge in [0, 0.05) is 0 Å². The monoisotopic (exact) mass is 350 g/mol. The van der Waals surface area contributed by atoms with Crippen LogP contribution in [0.3, 0.4) is 0 Å². The van der Waals surface area contributed by atoms with Crippen LogP contribution in [0.5, 0.6) is 5.75 Å². The first-order valence-electron chi connectivity index (χ1n) is 9.80. The summed E-state index contributed by atoms with van der Waals surface area (Å²) in [5.74, 6) is 1.08. The first kappa shape index (κ1) is 18.7. The van der Waals surface area contributed by atoms with Crippen molar-refractivity contribution in [1.82, 2.24) is 0 Å². The van der Waals surface area contributed by atoms with Crippen molar-refractivity contribution in [3.05, 3.63) is 64.7 Å². The highest BCUT2D eigenvalue weighted by molar-refractivity contribution is 5.77. The highest BCUT2D eigenvalue weighted by Crippen LogP contribution is 2.36. The molecular weight excluding hydrogens is 320 g/mol. The highest BCUT2D eigenvalue weighted by Gasteiger charge is 2.25. The zero-order valence-corrected chi connectivity index (χ0v) is 16.5. The molecule has 0 fully saturated rings. The Morgan fingerprint density at radius 3 is 2.62 bits per heavy atom. The van der Waals surface area contributed by atoms with Gasteiger partial charge in [0.2, 0.25) is 0 Å². The van der Waals surface area contributed by atoms with E-state index in [-0.39, 0.29) is 5.97 Å². The van der Waals surface area contributed by atoms with Crippen LogP contribution in [0.1, 0.15) is 68.7 Å². The quantitative estimate of drug-likeness (QED) is 0.510. The summed E-state index contributed by atoms with van der Waals surface area (Å²) in [6, 6.07) is 15.1. The average Bonchev–Trinajstić information content (AvgIpc) is 2.61. The van der Waals surface area contributed by atoms with Crippen LogP contribution in [0, 0.1) is 5.41 Å². The SMILES string of the molecule is CCCc1ccccc1[C@H]1CCc2cc(OC(=O)C(C)(C)C)ccc2C1. The smallest absolute Gasteiger partial charge is 0.316 e. The summed E-state index contributed by atoms with van der Waals surface area (Å²) in [5, 5.41) is 0. The van der Waals surface area contributed by atoms with Crippen molar-refractivity contribution >= 4 is 5.97 Å². The minimum Gasteiger partial charge on any atom is -0.426 e. The van der Waals surface area contributed by atoms with Crippen molar-refractivity contribution in [2.75, 3.05) is 0 Å². The van der Waals surface area contributed by atoms with E-state index in [1.54, 1.807) is 0 Å². The van der Waals surface area contributed by atoms with E-state index >= 15 is 0 Å². The first-order chi connectivity index (χ1) is 12.4. The van der Waals surface area contributed by atoms with Crippen LogP contribution in [0.15, 0.2) is 42.5 Å². The Morgan fingerprint density at radius 2 is 1.88 bits per heavy atom. The van der Waals surface area contributed by atoms with Crippen LogP contribution in [-0.4, -0.2) is 5.97 Å². The maximum atomic E-state index is 12.1. The molecule has 0 saturated carbocycles. The van der Waals surface area contributed by atoms with Gasteiger partial charge in [-0.25, -0.2) is 0 Å². The fraction of sp³-hybridized carbons (Fsp3) is 0.458. The largest absolute Gasteiger partial charge is 0.426 e. The van der Waals surface area contributed by atoms with E-state index in [1.165, 1.54) is 28.7 Å². The molecule has 0 unspecified atom stereocenters. The maximum Gasteiger partial charge on any atom is 0.316 e. The fourth-order valence-electron chi connectivity index (χ4n) is 3.75. The van der Waals surface area contributed by atoms with Crippen molar-refractivity contribution in [2.45, 2.75) is 65.7 Å². The molecule has 2 nitrogen and oxygen atoms in total. The molecule has 0 heterocycles. The Labute approximate surface area is 157 Å². The van der Waals surface area contributed by atoms with E-state index in [4.69, 9.17) is 4.74 Å². The number of carbonyl (C=O) groups is 1. The van der Waals surface area contributed by atoms with Crippen molar-refractivity contribution in [2.24, 2.45) is 5.41 Å². The van der Waals surface area contributed by atoms with Crippen LogP contribution >= 0.6 is 0 Å². The molecule has 1 aliphatic carbocycles. The molecule has 0 radical (unpaired) electrons. The number of fused-ring (bicyclic) bond motifs is 1. The van der Waals surface area contributed by atoms with Crippen LogP contribution in [0.2, 0.25) is 0 Å².